The van der Waals surface area contributed by atoms with Crippen molar-refractivity contribution in [1.29, 1.82) is 0 Å². The van der Waals surface area contributed by atoms with Crippen molar-refractivity contribution >= 4 is 23.7 Å². The van der Waals surface area contributed by atoms with Gasteiger partial charge < -0.3 is 20.1 Å². The van der Waals surface area contributed by atoms with E-state index >= 15 is 0 Å². The smallest absolute Gasteiger partial charge is 0.407 e. The SMILES string of the molecule is CC(C)c1ccccc1NC(=O)COC(=O)CCNC(=O)OC(C)(C)C. The molecule has 26 heavy (non-hydrogen) atoms. The Morgan fingerprint density at radius 3 is 2.38 bits per heavy atom. The average Bonchev–Trinajstić information content (AvgIpc) is 2.51. The highest BCUT2D eigenvalue weighted by atomic mass is 16.6. The van der Waals surface area contributed by atoms with Gasteiger partial charge in [-0.15, -0.1) is 0 Å². The molecule has 1 aromatic carbocycles. The summed E-state index contributed by atoms with van der Waals surface area (Å²) in [5.41, 5.74) is 1.11. The number of esters is 1. The second kappa shape index (κ2) is 9.79. The molecule has 0 saturated heterocycles. The molecule has 2 N–H and O–H groups in total. The van der Waals surface area contributed by atoms with Gasteiger partial charge in [0.1, 0.15) is 5.60 Å². The maximum atomic E-state index is 12.0. The summed E-state index contributed by atoms with van der Waals surface area (Å²) >= 11 is 0. The largest absolute Gasteiger partial charge is 0.456 e. The van der Waals surface area contributed by atoms with Crippen LogP contribution in [0.1, 0.15) is 52.5 Å². The molecule has 1 rings (SSSR count). The first-order valence-corrected chi connectivity index (χ1v) is 8.59. The van der Waals surface area contributed by atoms with E-state index in [9.17, 15) is 14.4 Å². The van der Waals surface area contributed by atoms with Gasteiger partial charge in [-0.25, -0.2) is 4.79 Å². The first-order chi connectivity index (χ1) is 12.1. The van der Waals surface area contributed by atoms with E-state index in [2.05, 4.69) is 10.6 Å². The van der Waals surface area contributed by atoms with Crippen LogP contribution in [0.3, 0.4) is 0 Å². The van der Waals surface area contributed by atoms with Crippen molar-refractivity contribution in [3.63, 3.8) is 0 Å². The predicted octanol–water partition coefficient (Wildman–Crippen LogP) is 3.21. The maximum Gasteiger partial charge on any atom is 0.407 e. The lowest BCUT2D eigenvalue weighted by Gasteiger charge is -2.19. The molecule has 0 fully saturated rings. The highest BCUT2D eigenvalue weighted by Gasteiger charge is 2.16. The van der Waals surface area contributed by atoms with Gasteiger partial charge in [-0.2, -0.15) is 0 Å². The third kappa shape index (κ3) is 8.50. The molecule has 1 aromatic rings. The molecule has 0 aliphatic rings. The van der Waals surface area contributed by atoms with Gasteiger partial charge in [0.2, 0.25) is 0 Å². The summed E-state index contributed by atoms with van der Waals surface area (Å²) in [4.78, 5) is 35.0. The third-order valence-electron chi connectivity index (χ3n) is 3.22. The molecule has 0 aromatic heterocycles. The lowest BCUT2D eigenvalue weighted by Crippen LogP contribution is -2.34. The molecular formula is C19H28N2O5. The number of benzene rings is 1. The summed E-state index contributed by atoms with van der Waals surface area (Å²) < 4.78 is 9.96. The second-order valence-corrected chi connectivity index (χ2v) is 7.13. The van der Waals surface area contributed by atoms with Gasteiger partial charge in [0.25, 0.3) is 5.91 Å². The fourth-order valence-corrected chi connectivity index (χ4v) is 2.10. The number of nitrogens with one attached hydrogen (secondary N) is 2. The van der Waals surface area contributed by atoms with Gasteiger partial charge in [0, 0.05) is 12.2 Å². The van der Waals surface area contributed by atoms with Crippen LogP contribution in [-0.4, -0.2) is 36.7 Å². The molecule has 144 valence electrons. The summed E-state index contributed by atoms with van der Waals surface area (Å²) in [5.74, 6) is -0.729. The van der Waals surface area contributed by atoms with Gasteiger partial charge >= 0.3 is 12.1 Å². The van der Waals surface area contributed by atoms with Crippen molar-refractivity contribution in [1.82, 2.24) is 5.32 Å². The molecule has 0 aliphatic carbocycles. The second-order valence-electron chi connectivity index (χ2n) is 7.13. The zero-order chi connectivity index (χ0) is 19.7. The molecule has 2 amide bonds. The van der Waals surface area contributed by atoms with Gasteiger partial charge in [-0.05, 0) is 38.3 Å². The van der Waals surface area contributed by atoms with Crippen molar-refractivity contribution in [3.8, 4) is 0 Å². The fourth-order valence-electron chi connectivity index (χ4n) is 2.10. The number of carbonyl (C=O) groups excluding carboxylic acids is 3. The van der Waals surface area contributed by atoms with E-state index in [-0.39, 0.29) is 25.5 Å². The number of carbonyl (C=O) groups is 3. The number of amides is 2. The van der Waals surface area contributed by atoms with Crippen molar-refractivity contribution in [3.05, 3.63) is 29.8 Å². The van der Waals surface area contributed by atoms with E-state index in [1.54, 1.807) is 26.8 Å². The van der Waals surface area contributed by atoms with Gasteiger partial charge in [-0.1, -0.05) is 32.0 Å². The molecule has 0 aliphatic heterocycles. The third-order valence-corrected chi connectivity index (χ3v) is 3.22. The van der Waals surface area contributed by atoms with Crippen LogP contribution in [0.5, 0.6) is 0 Å². The van der Waals surface area contributed by atoms with E-state index in [0.29, 0.717) is 5.69 Å². The Labute approximate surface area is 154 Å². The van der Waals surface area contributed by atoms with E-state index in [1.807, 2.05) is 32.0 Å². The lowest BCUT2D eigenvalue weighted by atomic mass is 10.0. The monoisotopic (exact) mass is 364 g/mol. The van der Waals surface area contributed by atoms with Gasteiger partial charge in [0.15, 0.2) is 6.61 Å². The summed E-state index contributed by atoms with van der Waals surface area (Å²) in [7, 11) is 0. The molecule has 0 heterocycles. The topological polar surface area (TPSA) is 93.7 Å². The first-order valence-electron chi connectivity index (χ1n) is 8.59. The lowest BCUT2D eigenvalue weighted by molar-refractivity contribution is -0.147. The Morgan fingerprint density at radius 2 is 1.77 bits per heavy atom. The number of ether oxygens (including phenoxy) is 2. The van der Waals surface area contributed by atoms with Crippen LogP contribution in [0.25, 0.3) is 0 Å². The molecule has 7 heteroatoms. The summed E-state index contributed by atoms with van der Waals surface area (Å²) in [6.45, 7) is 9.00. The quantitative estimate of drug-likeness (QED) is 0.725. The molecule has 7 nitrogen and oxygen atoms in total. The van der Waals surface area contributed by atoms with Crippen molar-refractivity contribution < 1.29 is 23.9 Å². The van der Waals surface area contributed by atoms with Crippen LogP contribution in [0.4, 0.5) is 10.5 Å². The minimum Gasteiger partial charge on any atom is -0.456 e. The highest BCUT2D eigenvalue weighted by molar-refractivity contribution is 5.93. The van der Waals surface area contributed by atoms with E-state index in [0.717, 1.165) is 5.56 Å². The highest BCUT2D eigenvalue weighted by Crippen LogP contribution is 2.23. The van der Waals surface area contributed by atoms with Crippen LogP contribution in [0.15, 0.2) is 24.3 Å². The molecular weight excluding hydrogens is 336 g/mol. The number of anilines is 1. The van der Waals surface area contributed by atoms with Crippen LogP contribution in [0, 0.1) is 0 Å². The van der Waals surface area contributed by atoms with Crippen molar-refractivity contribution in [2.75, 3.05) is 18.5 Å². The molecule has 0 atom stereocenters. The Kier molecular flexibility index (Phi) is 8.09. The Bertz CT molecular complexity index is 635. The fraction of sp³-hybridized carbons (Fsp3) is 0.526. The summed E-state index contributed by atoms with van der Waals surface area (Å²) in [5, 5.41) is 5.20. The van der Waals surface area contributed by atoms with E-state index in [1.165, 1.54) is 0 Å². The summed E-state index contributed by atoms with van der Waals surface area (Å²) in [6, 6.07) is 7.48. The van der Waals surface area contributed by atoms with Crippen molar-refractivity contribution in [2.24, 2.45) is 0 Å². The van der Waals surface area contributed by atoms with Crippen LogP contribution in [-0.2, 0) is 19.1 Å². The minimum atomic E-state index is -0.603. The average molecular weight is 364 g/mol. The van der Waals surface area contributed by atoms with Crippen LogP contribution < -0.4 is 10.6 Å². The number of hydrogen-bond donors (Lipinski definition) is 2. The molecule has 0 unspecified atom stereocenters. The molecule has 0 bridgehead atoms. The van der Waals surface area contributed by atoms with Crippen molar-refractivity contribution in [2.45, 2.75) is 52.6 Å². The van der Waals surface area contributed by atoms with Crippen LogP contribution >= 0.6 is 0 Å². The van der Waals surface area contributed by atoms with Gasteiger partial charge in [0.05, 0.1) is 6.42 Å². The maximum absolute atomic E-state index is 12.0. The first kappa shape index (κ1) is 21.5. The number of para-hydroxylation sites is 1. The Balaban J connectivity index is 2.33. The van der Waals surface area contributed by atoms with Gasteiger partial charge in [-0.3, -0.25) is 9.59 Å². The zero-order valence-electron chi connectivity index (χ0n) is 16.0. The zero-order valence-corrected chi connectivity index (χ0v) is 16.0. The van der Waals surface area contributed by atoms with Crippen LogP contribution in [0.2, 0.25) is 0 Å². The minimum absolute atomic E-state index is 0.0465. The molecule has 0 spiro atoms. The standard InChI is InChI=1S/C19H28N2O5/c1-13(2)14-8-6-7-9-15(14)21-16(22)12-25-17(23)10-11-20-18(24)26-19(3,4)5/h6-9,13H,10-12H2,1-5H3,(H,20,24)(H,21,22). The summed E-state index contributed by atoms with van der Waals surface area (Å²) in [6.07, 6.45) is -0.650. The number of rotatable bonds is 7. The number of hydrogen-bond acceptors (Lipinski definition) is 5. The Morgan fingerprint density at radius 1 is 1.12 bits per heavy atom. The Hall–Kier alpha value is -2.57. The molecule has 0 saturated carbocycles. The van der Waals surface area contributed by atoms with E-state index in [4.69, 9.17) is 9.47 Å². The number of alkyl carbamates (subject to hydrolysis) is 1. The normalized spacial score (nSPS) is 11.0. The molecule has 0 radical (unpaired) electrons. The predicted molar refractivity (Wildman–Crippen MR) is 99.0 cm³/mol. The van der Waals surface area contributed by atoms with E-state index < -0.39 is 23.6 Å².